The zero-order valence-electron chi connectivity index (χ0n) is 17.5. The summed E-state index contributed by atoms with van der Waals surface area (Å²) in [5.41, 5.74) is 2.89. The molecule has 0 bridgehead atoms. The van der Waals surface area contributed by atoms with Gasteiger partial charge in [-0.05, 0) is 67.4 Å². The van der Waals surface area contributed by atoms with Gasteiger partial charge in [-0.1, -0.05) is 13.8 Å². The number of carbonyl (C=O) groups is 1. The van der Waals surface area contributed by atoms with E-state index in [1.807, 2.05) is 61.5 Å². The van der Waals surface area contributed by atoms with E-state index in [0.717, 1.165) is 22.7 Å². The van der Waals surface area contributed by atoms with Gasteiger partial charge in [0.25, 0.3) is 5.91 Å². The predicted molar refractivity (Wildman–Crippen MR) is 114 cm³/mol. The van der Waals surface area contributed by atoms with E-state index in [-0.39, 0.29) is 11.9 Å². The topological polar surface area (TPSA) is 65.4 Å². The fourth-order valence-corrected chi connectivity index (χ4v) is 2.81. The quantitative estimate of drug-likeness (QED) is 0.649. The monoisotopic (exact) mass is 393 g/mol. The lowest BCUT2D eigenvalue weighted by Gasteiger charge is -2.17. The standard InChI is InChI=1S/C23H27N3O3/c1-15(2)16(3)24-23(27)22-14-21(17-6-10-19(28-4)11-7-17)25-26(22)18-8-12-20(29-5)13-9-18/h6-16H,1-5H3,(H,24,27). The second-order valence-corrected chi connectivity index (χ2v) is 7.26. The maximum atomic E-state index is 13.0. The first-order valence-electron chi connectivity index (χ1n) is 9.62. The maximum Gasteiger partial charge on any atom is 0.270 e. The molecule has 0 saturated carbocycles. The highest BCUT2D eigenvalue weighted by atomic mass is 16.5. The number of hydrogen-bond donors (Lipinski definition) is 1. The number of rotatable bonds is 7. The van der Waals surface area contributed by atoms with Gasteiger partial charge in [0.15, 0.2) is 0 Å². The zero-order chi connectivity index (χ0) is 21.0. The molecule has 1 unspecified atom stereocenters. The molecule has 0 aliphatic carbocycles. The van der Waals surface area contributed by atoms with Crippen LogP contribution in [-0.2, 0) is 0 Å². The summed E-state index contributed by atoms with van der Waals surface area (Å²) < 4.78 is 12.1. The number of nitrogens with one attached hydrogen (secondary N) is 1. The molecule has 1 heterocycles. The normalized spacial score (nSPS) is 11.9. The lowest BCUT2D eigenvalue weighted by atomic mass is 10.1. The highest BCUT2D eigenvalue weighted by molar-refractivity contribution is 5.94. The van der Waals surface area contributed by atoms with Crippen LogP contribution in [0.5, 0.6) is 11.5 Å². The fraction of sp³-hybridized carbons (Fsp3) is 0.304. The van der Waals surface area contributed by atoms with Crippen molar-refractivity contribution in [2.24, 2.45) is 5.92 Å². The van der Waals surface area contributed by atoms with Crippen LogP contribution in [0.3, 0.4) is 0 Å². The number of benzene rings is 2. The molecular weight excluding hydrogens is 366 g/mol. The van der Waals surface area contributed by atoms with Crippen LogP contribution < -0.4 is 14.8 Å². The molecule has 1 atom stereocenters. The van der Waals surface area contributed by atoms with Crippen LogP contribution in [0.4, 0.5) is 0 Å². The van der Waals surface area contributed by atoms with E-state index < -0.39 is 0 Å². The van der Waals surface area contributed by atoms with E-state index in [9.17, 15) is 4.79 Å². The van der Waals surface area contributed by atoms with Crippen LogP contribution in [0.25, 0.3) is 16.9 Å². The lowest BCUT2D eigenvalue weighted by molar-refractivity contribution is 0.0922. The molecule has 6 heteroatoms. The number of aromatic nitrogens is 2. The number of amides is 1. The van der Waals surface area contributed by atoms with E-state index in [2.05, 4.69) is 19.2 Å². The maximum absolute atomic E-state index is 13.0. The third-order valence-corrected chi connectivity index (χ3v) is 5.00. The van der Waals surface area contributed by atoms with E-state index >= 15 is 0 Å². The summed E-state index contributed by atoms with van der Waals surface area (Å²) in [5, 5.41) is 7.78. The number of carbonyl (C=O) groups excluding carboxylic acids is 1. The Morgan fingerprint density at radius 1 is 0.931 bits per heavy atom. The minimum atomic E-state index is -0.158. The van der Waals surface area contributed by atoms with Crippen LogP contribution in [0.15, 0.2) is 54.6 Å². The van der Waals surface area contributed by atoms with E-state index in [1.165, 1.54) is 0 Å². The second-order valence-electron chi connectivity index (χ2n) is 7.26. The Balaban J connectivity index is 2.03. The van der Waals surface area contributed by atoms with Gasteiger partial charge in [-0.3, -0.25) is 4.79 Å². The molecule has 0 fully saturated rings. The predicted octanol–water partition coefficient (Wildman–Crippen LogP) is 4.33. The van der Waals surface area contributed by atoms with Crippen LogP contribution in [0.2, 0.25) is 0 Å². The highest BCUT2D eigenvalue weighted by Gasteiger charge is 2.20. The largest absolute Gasteiger partial charge is 0.497 e. The van der Waals surface area contributed by atoms with Gasteiger partial charge in [0.1, 0.15) is 17.2 Å². The number of ether oxygens (including phenoxy) is 2. The molecule has 1 aromatic heterocycles. The van der Waals surface area contributed by atoms with E-state index in [4.69, 9.17) is 14.6 Å². The first kappa shape index (κ1) is 20.5. The smallest absolute Gasteiger partial charge is 0.270 e. The average molecular weight is 393 g/mol. The first-order valence-corrected chi connectivity index (χ1v) is 9.62. The molecule has 3 rings (SSSR count). The first-order chi connectivity index (χ1) is 13.9. The van der Waals surface area contributed by atoms with Gasteiger partial charge in [-0.25, -0.2) is 4.68 Å². The van der Waals surface area contributed by atoms with Crippen LogP contribution in [-0.4, -0.2) is 35.9 Å². The molecule has 2 aromatic carbocycles. The van der Waals surface area contributed by atoms with Gasteiger partial charge in [0, 0.05) is 11.6 Å². The minimum Gasteiger partial charge on any atom is -0.497 e. The number of nitrogens with zero attached hydrogens (tertiary/aromatic N) is 2. The van der Waals surface area contributed by atoms with Crippen LogP contribution in [0, 0.1) is 5.92 Å². The molecule has 6 nitrogen and oxygen atoms in total. The molecule has 1 N–H and O–H groups in total. The van der Waals surface area contributed by atoms with Crippen molar-refractivity contribution in [2.75, 3.05) is 14.2 Å². The summed E-state index contributed by atoms with van der Waals surface area (Å²) in [6.07, 6.45) is 0. The molecule has 1 amide bonds. The molecule has 0 saturated heterocycles. The average Bonchev–Trinajstić information content (AvgIpc) is 3.19. The summed E-state index contributed by atoms with van der Waals surface area (Å²) in [4.78, 5) is 13.0. The Kier molecular flexibility index (Phi) is 6.22. The SMILES string of the molecule is COc1ccc(-c2cc(C(=O)NC(C)C(C)C)n(-c3ccc(OC)cc3)n2)cc1. The summed E-state index contributed by atoms with van der Waals surface area (Å²) in [7, 11) is 3.25. The molecule has 152 valence electrons. The molecule has 0 radical (unpaired) electrons. The van der Waals surface area contributed by atoms with Gasteiger partial charge in [0.2, 0.25) is 0 Å². The van der Waals surface area contributed by atoms with Crippen LogP contribution >= 0.6 is 0 Å². The van der Waals surface area contributed by atoms with Crippen molar-refractivity contribution in [1.29, 1.82) is 0 Å². The number of methoxy groups -OCH3 is 2. The van der Waals surface area contributed by atoms with Crippen molar-refractivity contribution < 1.29 is 14.3 Å². The molecule has 0 aliphatic rings. The van der Waals surface area contributed by atoms with E-state index in [1.54, 1.807) is 18.9 Å². The molecule has 0 spiro atoms. The summed E-state index contributed by atoms with van der Waals surface area (Å²) in [6.45, 7) is 6.16. The van der Waals surface area contributed by atoms with Crippen molar-refractivity contribution >= 4 is 5.91 Å². The van der Waals surface area contributed by atoms with Crippen molar-refractivity contribution in [1.82, 2.24) is 15.1 Å². The molecule has 0 aliphatic heterocycles. The molecule has 3 aromatic rings. The summed E-state index contributed by atoms with van der Waals surface area (Å²) in [6, 6.07) is 16.9. The van der Waals surface area contributed by atoms with Gasteiger partial charge in [-0.15, -0.1) is 0 Å². The van der Waals surface area contributed by atoms with Gasteiger partial charge in [-0.2, -0.15) is 5.10 Å². The van der Waals surface area contributed by atoms with Crippen LogP contribution in [0.1, 0.15) is 31.3 Å². The highest BCUT2D eigenvalue weighted by Crippen LogP contribution is 2.25. The fourth-order valence-electron chi connectivity index (χ4n) is 2.81. The summed E-state index contributed by atoms with van der Waals surface area (Å²) >= 11 is 0. The van der Waals surface area contributed by atoms with Crippen molar-refractivity contribution in [3.8, 4) is 28.4 Å². The van der Waals surface area contributed by atoms with Gasteiger partial charge >= 0.3 is 0 Å². The van der Waals surface area contributed by atoms with Crippen molar-refractivity contribution in [3.05, 3.63) is 60.3 Å². The lowest BCUT2D eigenvalue weighted by Crippen LogP contribution is -2.37. The van der Waals surface area contributed by atoms with Crippen molar-refractivity contribution in [3.63, 3.8) is 0 Å². The minimum absolute atomic E-state index is 0.0474. The van der Waals surface area contributed by atoms with E-state index in [0.29, 0.717) is 17.3 Å². The van der Waals surface area contributed by atoms with Crippen molar-refractivity contribution in [2.45, 2.75) is 26.8 Å². The number of hydrogen-bond acceptors (Lipinski definition) is 4. The Bertz CT molecular complexity index is 960. The molecular formula is C23H27N3O3. The third kappa shape index (κ3) is 4.59. The Morgan fingerprint density at radius 3 is 2.00 bits per heavy atom. The Hall–Kier alpha value is -3.28. The Morgan fingerprint density at radius 2 is 1.48 bits per heavy atom. The molecule has 29 heavy (non-hydrogen) atoms. The van der Waals surface area contributed by atoms with Gasteiger partial charge in [0.05, 0.1) is 25.6 Å². The second kappa shape index (κ2) is 8.82. The third-order valence-electron chi connectivity index (χ3n) is 5.00. The summed E-state index contributed by atoms with van der Waals surface area (Å²) in [5.74, 6) is 1.69. The Labute approximate surface area is 171 Å². The van der Waals surface area contributed by atoms with Gasteiger partial charge < -0.3 is 14.8 Å². The zero-order valence-corrected chi connectivity index (χ0v) is 17.5.